The number of hydrogen-bond acceptors (Lipinski definition) is 5. The molecule has 6 heteroatoms. The maximum Gasteiger partial charge on any atom is 0.172 e. The number of pyridine rings is 1. The van der Waals surface area contributed by atoms with Crippen LogP contribution in [0, 0.1) is 0 Å². The number of aromatic nitrogens is 1. The fraction of sp³-hybridized carbons (Fsp3) is 0.571. The highest BCUT2D eigenvalue weighted by molar-refractivity contribution is 6.02. The molecule has 0 atom stereocenters. The van der Waals surface area contributed by atoms with Gasteiger partial charge in [0.1, 0.15) is 0 Å². The maximum absolute atomic E-state index is 9.34. The minimum absolute atomic E-state index is 0.0704. The molecule has 1 saturated carbocycles. The van der Waals surface area contributed by atoms with E-state index in [9.17, 15) is 5.11 Å². The van der Waals surface area contributed by atoms with Gasteiger partial charge < -0.3 is 20.9 Å². The first-order valence-corrected chi connectivity index (χ1v) is 7.07. The van der Waals surface area contributed by atoms with Gasteiger partial charge in [-0.3, -0.25) is 4.98 Å². The molecule has 1 aromatic heterocycles. The van der Waals surface area contributed by atoms with Crippen molar-refractivity contribution in [2.24, 2.45) is 10.9 Å². The van der Waals surface area contributed by atoms with Crippen LogP contribution in [0.4, 0.5) is 5.69 Å². The summed E-state index contributed by atoms with van der Waals surface area (Å²) in [5, 5.41) is 21.3. The van der Waals surface area contributed by atoms with Crippen LogP contribution >= 0.6 is 0 Å². The van der Waals surface area contributed by atoms with Crippen molar-refractivity contribution in [2.45, 2.75) is 38.1 Å². The van der Waals surface area contributed by atoms with Crippen LogP contribution in [0.3, 0.4) is 0 Å². The van der Waals surface area contributed by atoms with E-state index in [1.807, 2.05) is 0 Å². The number of amidine groups is 1. The van der Waals surface area contributed by atoms with Crippen LogP contribution in [-0.2, 0) is 0 Å². The second kappa shape index (κ2) is 7.09. The molecule has 0 unspecified atom stereocenters. The minimum Gasteiger partial charge on any atom is -0.409 e. The van der Waals surface area contributed by atoms with Gasteiger partial charge in [-0.2, -0.15) is 0 Å². The van der Waals surface area contributed by atoms with Crippen molar-refractivity contribution in [3.63, 3.8) is 0 Å². The Morgan fingerprint density at radius 1 is 1.40 bits per heavy atom. The van der Waals surface area contributed by atoms with Crippen molar-refractivity contribution in [2.75, 3.05) is 18.1 Å². The Kier molecular flexibility index (Phi) is 5.17. The number of oxime groups is 1. The average molecular weight is 278 g/mol. The summed E-state index contributed by atoms with van der Waals surface area (Å²) in [6.07, 6.45) is 9.21. The molecule has 0 saturated heterocycles. The zero-order chi connectivity index (χ0) is 14.4. The molecule has 4 N–H and O–H groups in total. The lowest BCUT2D eigenvalue weighted by Crippen LogP contribution is -2.40. The monoisotopic (exact) mass is 278 g/mol. The third-order valence-electron chi connectivity index (χ3n) is 3.85. The van der Waals surface area contributed by atoms with E-state index in [2.05, 4.69) is 15.0 Å². The van der Waals surface area contributed by atoms with Crippen LogP contribution in [0.2, 0.25) is 0 Å². The highest BCUT2D eigenvalue weighted by Gasteiger charge is 2.23. The van der Waals surface area contributed by atoms with E-state index in [1.165, 1.54) is 19.3 Å². The summed E-state index contributed by atoms with van der Waals surface area (Å²) in [6, 6.07) is 2.11. The zero-order valence-corrected chi connectivity index (χ0v) is 11.6. The molecule has 20 heavy (non-hydrogen) atoms. The average Bonchev–Trinajstić information content (AvgIpc) is 2.53. The normalized spacial score (nSPS) is 17.1. The number of nitrogens with two attached hydrogens (primary N) is 1. The second-order valence-electron chi connectivity index (χ2n) is 5.09. The summed E-state index contributed by atoms with van der Waals surface area (Å²) < 4.78 is 0. The van der Waals surface area contributed by atoms with E-state index in [-0.39, 0.29) is 12.4 Å². The van der Waals surface area contributed by atoms with Crippen molar-refractivity contribution in [3.8, 4) is 0 Å². The molecule has 0 bridgehead atoms. The van der Waals surface area contributed by atoms with Crippen molar-refractivity contribution in [3.05, 3.63) is 24.0 Å². The molecule has 1 aliphatic rings. The van der Waals surface area contributed by atoms with E-state index in [0.29, 0.717) is 18.2 Å². The van der Waals surface area contributed by atoms with Crippen LogP contribution in [0.1, 0.15) is 37.7 Å². The van der Waals surface area contributed by atoms with Crippen molar-refractivity contribution >= 4 is 11.5 Å². The van der Waals surface area contributed by atoms with Gasteiger partial charge in [0.05, 0.1) is 18.5 Å². The lowest BCUT2D eigenvalue weighted by atomic mass is 9.93. The molecule has 1 aliphatic carbocycles. The summed E-state index contributed by atoms with van der Waals surface area (Å²) in [7, 11) is 0. The van der Waals surface area contributed by atoms with Crippen LogP contribution < -0.4 is 10.6 Å². The summed E-state index contributed by atoms with van der Waals surface area (Å²) in [4.78, 5) is 6.28. The van der Waals surface area contributed by atoms with Gasteiger partial charge in [-0.1, -0.05) is 24.4 Å². The number of aliphatic hydroxyl groups excluding tert-OH is 1. The van der Waals surface area contributed by atoms with Crippen molar-refractivity contribution in [1.82, 2.24) is 4.98 Å². The van der Waals surface area contributed by atoms with Gasteiger partial charge in [0.25, 0.3) is 0 Å². The van der Waals surface area contributed by atoms with Crippen molar-refractivity contribution in [1.29, 1.82) is 0 Å². The van der Waals surface area contributed by atoms with E-state index in [4.69, 9.17) is 10.9 Å². The first-order valence-electron chi connectivity index (χ1n) is 7.07. The fourth-order valence-corrected chi connectivity index (χ4v) is 2.89. The highest BCUT2D eigenvalue weighted by Crippen LogP contribution is 2.28. The lowest BCUT2D eigenvalue weighted by molar-refractivity contribution is 0.290. The predicted octanol–water partition coefficient (Wildman–Crippen LogP) is 1.31. The number of hydrogen-bond donors (Lipinski definition) is 3. The molecular formula is C14H22N4O2. The smallest absolute Gasteiger partial charge is 0.172 e. The molecule has 1 heterocycles. The number of aliphatic hydroxyl groups is 1. The Morgan fingerprint density at radius 2 is 2.15 bits per heavy atom. The number of nitrogens with zero attached hydrogens (tertiary/aromatic N) is 3. The summed E-state index contributed by atoms with van der Waals surface area (Å²) >= 11 is 0. The first-order chi connectivity index (χ1) is 9.77. The Labute approximate surface area is 118 Å². The van der Waals surface area contributed by atoms with Crippen LogP contribution in [0.15, 0.2) is 23.6 Å². The summed E-state index contributed by atoms with van der Waals surface area (Å²) in [5.74, 6) is 0.0705. The lowest BCUT2D eigenvalue weighted by Gasteiger charge is -2.36. The third kappa shape index (κ3) is 3.19. The highest BCUT2D eigenvalue weighted by atomic mass is 16.4. The molecule has 0 radical (unpaired) electrons. The first kappa shape index (κ1) is 14.6. The molecule has 1 fully saturated rings. The number of anilines is 1. The Balaban J connectivity index is 2.33. The van der Waals surface area contributed by atoms with Crippen molar-refractivity contribution < 1.29 is 10.3 Å². The maximum atomic E-state index is 9.34. The van der Waals surface area contributed by atoms with E-state index in [1.54, 1.807) is 18.5 Å². The zero-order valence-electron chi connectivity index (χ0n) is 11.6. The molecule has 1 aromatic rings. The molecule has 0 amide bonds. The third-order valence-corrected chi connectivity index (χ3v) is 3.85. The van der Waals surface area contributed by atoms with Gasteiger partial charge in [-0.15, -0.1) is 0 Å². The van der Waals surface area contributed by atoms with Gasteiger partial charge in [0.2, 0.25) is 0 Å². The van der Waals surface area contributed by atoms with Gasteiger partial charge in [-0.05, 0) is 18.9 Å². The molecular weight excluding hydrogens is 256 g/mol. The van der Waals surface area contributed by atoms with Crippen LogP contribution in [0.25, 0.3) is 0 Å². The van der Waals surface area contributed by atoms with Crippen LogP contribution in [0.5, 0.6) is 0 Å². The second-order valence-corrected chi connectivity index (χ2v) is 5.09. The Hall–Kier alpha value is -1.82. The van der Waals surface area contributed by atoms with E-state index >= 15 is 0 Å². The molecule has 0 aromatic carbocycles. The van der Waals surface area contributed by atoms with E-state index < -0.39 is 0 Å². The molecule has 6 nitrogen and oxygen atoms in total. The standard InChI is InChI=1S/C14H22N4O2/c15-14(17-20)12-6-7-16-10-13(12)18(8-9-19)11-4-2-1-3-5-11/h6-7,10-11,19-20H,1-5,8-9H2,(H2,15,17). The largest absolute Gasteiger partial charge is 0.409 e. The molecule has 0 spiro atoms. The predicted molar refractivity (Wildman–Crippen MR) is 78.1 cm³/mol. The van der Waals surface area contributed by atoms with Gasteiger partial charge in [0, 0.05) is 24.3 Å². The molecule has 110 valence electrons. The van der Waals surface area contributed by atoms with E-state index in [0.717, 1.165) is 18.5 Å². The molecule has 0 aliphatic heterocycles. The minimum atomic E-state index is 0.0704. The fourth-order valence-electron chi connectivity index (χ4n) is 2.89. The molecule has 2 rings (SSSR count). The Bertz CT molecular complexity index is 458. The summed E-state index contributed by atoms with van der Waals surface area (Å²) in [6.45, 7) is 0.600. The number of rotatable bonds is 5. The summed E-state index contributed by atoms with van der Waals surface area (Å²) in [5.41, 5.74) is 7.22. The van der Waals surface area contributed by atoms with Gasteiger partial charge >= 0.3 is 0 Å². The Morgan fingerprint density at radius 3 is 2.80 bits per heavy atom. The van der Waals surface area contributed by atoms with Gasteiger partial charge in [0.15, 0.2) is 5.84 Å². The SMILES string of the molecule is N/C(=N/O)c1ccncc1N(CCO)C1CCCCC1. The van der Waals surface area contributed by atoms with Crippen LogP contribution in [-0.4, -0.2) is 40.3 Å². The topological polar surface area (TPSA) is 95.0 Å². The quantitative estimate of drug-likeness (QED) is 0.327. The van der Waals surface area contributed by atoms with Gasteiger partial charge in [-0.25, -0.2) is 0 Å².